The molecule has 0 saturated heterocycles. The zero-order valence-electron chi connectivity index (χ0n) is 19.5. The molecular weight excluding hydrogens is 505 g/mol. The minimum Gasteiger partial charge on any atom is -0.497 e. The number of hydrogen-bond donors (Lipinski definition) is 2. The third-order valence-corrected chi connectivity index (χ3v) is 6.04. The molecule has 1 atom stereocenters. The van der Waals surface area contributed by atoms with E-state index in [-0.39, 0.29) is 11.6 Å². The molecule has 2 N–H and O–H groups in total. The van der Waals surface area contributed by atoms with Gasteiger partial charge in [0.05, 0.1) is 42.2 Å². The number of carboxylic acid groups (broad SMARTS) is 1. The van der Waals surface area contributed by atoms with Gasteiger partial charge >= 0.3 is 6.09 Å². The Morgan fingerprint density at radius 1 is 1.14 bits per heavy atom. The number of amides is 2. The first-order chi connectivity index (χ1) is 17.3. The summed E-state index contributed by atoms with van der Waals surface area (Å²) in [6.07, 6.45) is -2.82. The number of fused-ring (bicyclic) bond motifs is 1. The average Bonchev–Trinajstić information content (AvgIpc) is 2.95. The molecule has 0 saturated carbocycles. The highest BCUT2D eigenvalue weighted by molar-refractivity contribution is 6.39. The van der Waals surface area contributed by atoms with Crippen molar-refractivity contribution in [3.05, 3.63) is 87.4 Å². The summed E-state index contributed by atoms with van der Waals surface area (Å²) in [4.78, 5) is 31.4. The van der Waals surface area contributed by atoms with Crippen LogP contribution in [0.25, 0.3) is 0 Å². The number of rotatable bonds is 7. The molecule has 0 fully saturated rings. The normalized spacial score (nSPS) is 15.0. The van der Waals surface area contributed by atoms with E-state index in [1.165, 1.54) is 4.90 Å². The van der Waals surface area contributed by atoms with Crippen LogP contribution in [0, 0.1) is 0 Å². The second kappa shape index (κ2) is 10.9. The fourth-order valence-corrected chi connectivity index (χ4v) is 4.53. The van der Waals surface area contributed by atoms with Crippen molar-refractivity contribution in [3.63, 3.8) is 0 Å². The number of hydrogen-bond acceptors (Lipinski definition) is 5. The lowest BCUT2D eigenvalue weighted by Crippen LogP contribution is -2.46. The first-order valence-corrected chi connectivity index (χ1v) is 11.8. The van der Waals surface area contributed by atoms with Gasteiger partial charge in [-0.05, 0) is 42.8 Å². The number of para-hydroxylation sites is 1. The Hall–Kier alpha value is -3.75. The summed E-state index contributed by atoms with van der Waals surface area (Å²) >= 11 is 12.8. The summed E-state index contributed by atoms with van der Waals surface area (Å²) in [5, 5.41) is 12.3. The van der Waals surface area contributed by atoms with Crippen molar-refractivity contribution >= 4 is 46.6 Å². The van der Waals surface area contributed by atoms with E-state index in [4.69, 9.17) is 32.7 Å². The molecule has 3 aromatic rings. The van der Waals surface area contributed by atoms with Crippen molar-refractivity contribution in [2.75, 3.05) is 18.6 Å². The van der Waals surface area contributed by atoms with Crippen LogP contribution in [0.15, 0.2) is 65.7 Å². The second-order valence-corrected chi connectivity index (χ2v) is 8.66. The lowest BCUT2D eigenvalue weighted by atomic mass is 9.99. The van der Waals surface area contributed by atoms with Crippen molar-refractivity contribution in [2.24, 2.45) is 4.99 Å². The molecule has 0 spiro atoms. The van der Waals surface area contributed by atoms with E-state index in [0.717, 1.165) is 5.56 Å². The van der Waals surface area contributed by atoms with E-state index in [1.807, 2.05) is 19.1 Å². The predicted octanol–water partition coefficient (Wildman–Crippen LogP) is 5.38. The number of nitrogens with one attached hydrogen (secondary N) is 1. The minimum atomic E-state index is -1.43. The van der Waals surface area contributed by atoms with Gasteiger partial charge in [-0.3, -0.25) is 10.1 Å². The Labute approximate surface area is 218 Å². The molecule has 1 aliphatic heterocycles. The topological polar surface area (TPSA) is 100 Å². The van der Waals surface area contributed by atoms with E-state index in [1.54, 1.807) is 55.6 Å². The summed E-state index contributed by atoms with van der Waals surface area (Å²) in [5.41, 5.74) is 2.65. The Morgan fingerprint density at radius 2 is 1.86 bits per heavy atom. The fraction of sp³-hybridized carbons (Fsp3) is 0.192. The van der Waals surface area contributed by atoms with Gasteiger partial charge in [0, 0.05) is 10.6 Å². The van der Waals surface area contributed by atoms with Gasteiger partial charge in [0.1, 0.15) is 11.5 Å². The first-order valence-electron chi connectivity index (χ1n) is 11.1. The van der Waals surface area contributed by atoms with Crippen LogP contribution in [0.1, 0.15) is 23.6 Å². The number of halogens is 2. The molecule has 186 valence electrons. The van der Waals surface area contributed by atoms with E-state index >= 15 is 0 Å². The second-order valence-electron chi connectivity index (χ2n) is 7.81. The Kier molecular flexibility index (Phi) is 7.67. The molecule has 0 radical (unpaired) electrons. The summed E-state index contributed by atoms with van der Waals surface area (Å²) in [5.74, 6) is 0.505. The smallest absolute Gasteiger partial charge is 0.406 e. The van der Waals surface area contributed by atoms with Crippen molar-refractivity contribution in [2.45, 2.75) is 19.6 Å². The predicted molar refractivity (Wildman–Crippen MR) is 139 cm³/mol. The van der Waals surface area contributed by atoms with Crippen LogP contribution in [0.3, 0.4) is 0 Å². The molecule has 8 nitrogen and oxygen atoms in total. The molecule has 1 unspecified atom stereocenters. The Balaban J connectivity index is 1.91. The number of benzodiazepines with no additional fused rings is 1. The van der Waals surface area contributed by atoms with Gasteiger partial charge in [0.2, 0.25) is 6.17 Å². The van der Waals surface area contributed by atoms with E-state index in [2.05, 4.69) is 10.3 Å². The number of anilines is 1. The highest BCUT2D eigenvalue weighted by Crippen LogP contribution is 2.37. The van der Waals surface area contributed by atoms with Gasteiger partial charge in [-0.25, -0.2) is 9.79 Å². The maximum atomic E-state index is 13.7. The van der Waals surface area contributed by atoms with Crippen LogP contribution in [0.4, 0.5) is 10.5 Å². The van der Waals surface area contributed by atoms with Gasteiger partial charge in [-0.2, -0.15) is 0 Å². The molecule has 4 rings (SSSR count). The number of carbonyl (C=O) groups is 2. The third-order valence-electron chi connectivity index (χ3n) is 5.52. The number of nitrogens with zero attached hydrogens (tertiary/aromatic N) is 2. The largest absolute Gasteiger partial charge is 0.497 e. The van der Waals surface area contributed by atoms with Crippen LogP contribution >= 0.6 is 23.2 Å². The Bertz CT molecular complexity index is 1330. The Morgan fingerprint density at radius 3 is 2.53 bits per heavy atom. The zero-order chi connectivity index (χ0) is 25.8. The maximum absolute atomic E-state index is 13.7. The molecular formula is C26H23Cl2N3O5. The van der Waals surface area contributed by atoms with Gasteiger partial charge in [-0.1, -0.05) is 53.5 Å². The molecule has 0 aromatic heterocycles. The quantitative estimate of drug-likeness (QED) is 0.429. The van der Waals surface area contributed by atoms with Gasteiger partial charge in [-0.15, -0.1) is 0 Å². The van der Waals surface area contributed by atoms with Gasteiger partial charge < -0.3 is 19.5 Å². The third kappa shape index (κ3) is 5.24. The fourth-order valence-electron chi connectivity index (χ4n) is 3.97. The van der Waals surface area contributed by atoms with Crippen molar-refractivity contribution in [1.29, 1.82) is 0 Å². The number of aliphatic imine (C=N–C) groups is 1. The van der Waals surface area contributed by atoms with E-state index in [9.17, 15) is 14.7 Å². The van der Waals surface area contributed by atoms with Crippen LogP contribution in [0.5, 0.6) is 11.5 Å². The van der Waals surface area contributed by atoms with E-state index in [0.29, 0.717) is 45.7 Å². The first kappa shape index (κ1) is 25.3. The molecule has 1 heterocycles. The molecule has 0 bridgehead atoms. The lowest BCUT2D eigenvalue weighted by Gasteiger charge is -2.25. The highest BCUT2D eigenvalue weighted by atomic mass is 35.5. The molecule has 2 amide bonds. The minimum absolute atomic E-state index is 0.174. The average molecular weight is 528 g/mol. The maximum Gasteiger partial charge on any atom is 0.406 e. The molecule has 0 aliphatic carbocycles. The standard InChI is InChI=1S/C26H23Cl2N3O5/c1-3-36-21-13-16(27)12-19(28)22(21)23-18-6-4-5-7-20(18)31(25(32)24(29-23)30-26(33)34)14-15-8-10-17(35-2)11-9-15/h4-13,24,30H,3,14H2,1-2H3,(H,33,34). The van der Waals surface area contributed by atoms with Crippen molar-refractivity contribution < 1.29 is 24.2 Å². The summed E-state index contributed by atoms with van der Waals surface area (Å²) < 4.78 is 11.0. The number of ether oxygens (including phenoxy) is 2. The number of carbonyl (C=O) groups excluding carboxylic acids is 1. The summed E-state index contributed by atoms with van der Waals surface area (Å²) in [6, 6.07) is 17.6. The van der Waals surface area contributed by atoms with Crippen LogP contribution in [-0.2, 0) is 11.3 Å². The van der Waals surface area contributed by atoms with Gasteiger partial charge in [0.25, 0.3) is 5.91 Å². The van der Waals surface area contributed by atoms with Crippen molar-refractivity contribution in [1.82, 2.24) is 5.32 Å². The van der Waals surface area contributed by atoms with Gasteiger partial charge in [0.15, 0.2) is 0 Å². The summed E-state index contributed by atoms with van der Waals surface area (Å²) in [7, 11) is 1.57. The van der Waals surface area contributed by atoms with Crippen LogP contribution in [0.2, 0.25) is 10.0 Å². The van der Waals surface area contributed by atoms with Crippen molar-refractivity contribution in [3.8, 4) is 11.5 Å². The summed E-state index contributed by atoms with van der Waals surface area (Å²) in [6.45, 7) is 2.32. The highest BCUT2D eigenvalue weighted by Gasteiger charge is 2.34. The number of benzene rings is 3. The number of methoxy groups -OCH3 is 1. The monoisotopic (exact) mass is 527 g/mol. The molecule has 10 heteroatoms. The molecule has 36 heavy (non-hydrogen) atoms. The SMILES string of the molecule is CCOc1cc(Cl)cc(Cl)c1C1=NC(NC(=O)O)C(=O)N(Cc2ccc(OC)cc2)c2ccccc21. The molecule has 1 aliphatic rings. The van der Waals surface area contributed by atoms with Crippen LogP contribution < -0.4 is 19.7 Å². The molecule has 3 aromatic carbocycles. The zero-order valence-corrected chi connectivity index (χ0v) is 21.0. The lowest BCUT2D eigenvalue weighted by molar-refractivity contribution is -0.120. The van der Waals surface area contributed by atoms with Crippen LogP contribution in [-0.4, -0.2) is 42.7 Å². The van der Waals surface area contributed by atoms with E-state index < -0.39 is 18.2 Å².